The molecule has 0 atom stereocenters. The second kappa shape index (κ2) is 7.62. The standard InChI is InChI=1S/C17H23N3O/c1-3-5-11-19-17(21)15-12-13-8-6-7-9-14(13)16(20-15)18-10-4-2/h6-9,12H,3-5,10-11H2,1-2H3,(H,18,20)(H,19,21). The number of pyridine rings is 1. The molecule has 21 heavy (non-hydrogen) atoms. The van der Waals surface area contributed by atoms with Gasteiger partial charge in [-0.3, -0.25) is 4.79 Å². The number of unbranched alkanes of at least 4 members (excludes halogenated alkanes) is 1. The molecule has 112 valence electrons. The predicted octanol–water partition coefficient (Wildman–Crippen LogP) is 3.59. The third kappa shape index (κ3) is 3.94. The van der Waals surface area contributed by atoms with Crippen molar-refractivity contribution in [2.24, 2.45) is 0 Å². The van der Waals surface area contributed by atoms with Gasteiger partial charge in [0.25, 0.3) is 5.91 Å². The highest BCUT2D eigenvalue weighted by Crippen LogP contribution is 2.22. The zero-order chi connectivity index (χ0) is 15.1. The minimum Gasteiger partial charge on any atom is -0.370 e. The number of anilines is 1. The van der Waals surface area contributed by atoms with Gasteiger partial charge in [-0.1, -0.05) is 44.5 Å². The summed E-state index contributed by atoms with van der Waals surface area (Å²) in [7, 11) is 0. The molecule has 1 aromatic carbocycles. The molecule has 0 bridgehead atoms. The van der Waals surface area contributed by atoms with Crippen LogP contribution in [0.1, 0.15) is 43.6 Å². The number of carbonyl (C=O) groups excluding carboxylic acids is 1. The van der Waals surface area contributed by atoms with Crippen LogP contribution < -0.4 is 10.6 Å². The van der Waals surface area contributed by atoms with Crippen molar-refractivity contribution < 1.29 is 4.79 Å². The summed E-state index contributed by atoms with van der Waals surface area (Å²) in [5.41, 5.74) is 0.475. The third-order valence-corrected chi connectivity index (χ3v) is 3.33. The minimum absolute atomic E-state index is 0.103. The van der Waals surface area contributed by atoms with Gasteiger partial charge < -0.3 is 10.6 Å². The fourth-order valence-corrected chi connectivity index (χ4v) is 2.16. The van der Waals surface area contributed by atoms with Crippen molar-refractivity contribution in [1.82, 2.24) is 10.3 Å². The summed E-state index contributed by atoms with van der Waals surface area (Å²) in [5, 5.41) is 8.31. The monoisotopic (exact) mass is 285 g/mol. The molecule has 2 aromatic rings. The molecule has 4 heteroatoms. The second-order valence-electron chi connectivity index (χ2n) is 5.11. The van der Waals surface area contributed by atoms with E-state index in [-0.39, 0.29) is 5.91 Å². The largest absolute Gasteiger partial charge is 0.370 e. The Labute approximate surface area is 126 Å². The highest BCUT2D eigenvalue weighted by Gasteiger charge is 2.11. The van der Waals surface area contributed by atoms with Crippen molar-refractivity contribution >= 4 is 22.5 Å². The molecule has 1 amide bonds. The first-order valence-corrected chi connectivity index (χ1v) is 7.68. The Hall–Kier alpha value is -2.10. The van der Waals surface area contributed by atoms with Crippen LogP contribution in [0, 0.1) is 0 Å². The lowest BCUT2D eigenvalue weighted by atomic mass is 10.1. The van der Waals surface area contributed by atoms with Crippen LogP contribution in [0.5, 0.6) is 0 Å². The van der Waals surface area contributed by atoms with E-state index >= 15 is 0 Å². The lowest BCUT2D eigenvalue weighted by Crippen LogP contribution is -2.25. The molecule has 0 saturated heterocycles. The Morgan fingerprint density at radius 2 is 1.95 bits per heavy atom. The Morgan fingerprint density at radius 3 is 2.71 bits per heavy atom. The number of hydrogen-bond acceptors (Lipinski definition) is 3. The van der Waals surface area contributed by atoms with Crippen LogP contribution in [0.3, 0.4) is 0 Å². The van der Waals surface area contributed by atoms with E-state index in [1.807, 2.05) is 30.3 Å². The quantitative estimate of drug-likeness (QED) is 0.764. The first-order valence-electron chi connectivity index (χ1n) is 7.68. The average Bonchev–Trinajstić information content (AvgIpc) is 2.52. The molecule has 4 nitrogen and oxygen atoms in total. The number of nitrogens with zero attached hydrogens (tertiary/aromatic N) is 1. The first-order chi connectivity index (χ1) is 10.3. The zero-order valence-electron chi connectivity index (χ0n) is 12.8. The molecular formula is C17H23N3O. The minimum atomic E-state index is -0.103. The summed E-state index contributed by atoms with van der Waals surface area (Å²) < 4.78 is 0. The molecule has 0 spiro atoms. The smallest absolute Gasteiger partial charge is 0.269 e. The number of carbonyl (C=O) groups is 1. The Morgan fingerprint density at radius 1 is 1.14 bits per heavy atom. The zero-order valence-corrected chi connectivity index (χ0v) is 12.8. The summed E-state index contributed by atoms with van der Waals surface area (Å²) in [5.74, 6) is 0.685. The molecule has 0 radical (unpaired) electrons. The van der Waals surface area contributed by atoms with Crippen molar-refractivity contribution in [2.75, 3.05) is 18.4 Å². The molecule has 0 unspecified atom stereocenters. The average molecular weight is 285 g/mol. The Kier molecular flexibility index (Phi) is 5.55. The van der Waals surface area contributed by atoms with Crippen molar-refractivity contribution in [3.63, 3.8) is 0 Å². The topological polar surface area (TPSA) is 54.0 Å². The van der Waals surface area contributed by atoms with Crippen molar-refractivity contribution in [2.45, 2.75) is 33.1 Å². The molecule has 2 N–H and O–H groups in total. The molecule has 0 aliphatic carbocycles. The van der Waals surface area contributed by atoms with E-state index in [1.54, 1.807) is 0 Å². The van der Waals surface area contributed by atoms with Crippen LogP contribution in [-0.4, -0.2) is 24.0 Å². The lowest BCUT2D eigenvalue weighted by molar-refractivity contribution is 0.0948. The lowest BCUT2D eigenvalue weighted by Gasteiger charge is -2.11. The number of hydrogen-bond donors (Lipinski definition) is 2. The van der Waals surface area contributed by atoms with Crippen molar-refractivity contribution in [3.8, 4) is 0 Å². The van der Waals surface area contributed by atoms with Crippen LogP contribution in [0.25, 0.3) is 10.8 Å². The Bertz CT molecular complexity index is 610. The molecule has 2 rings (SSSR count). The fraction of sp³-hybridized carbons (Fsp3) is 0.412. The van der Waals surface area contributed by atoms with Crippen LogP contribution in [0.2, 0.25) is 0 Å². The van der Waals surface area contributed by atoms with Crippen LogP contribution in [0.4, 0.5) is 5.82 Å². The predicted molar refractivity (Wildman–Crippen MR) is 87.8 cm³/mol. The maximum Gasteiger partial charge on any atom is 0.269 e. The van der Waals surface area contributed by atoms with Gasteiger partial charge in [-0.25, -0.2) is 4.98 Å². The van der Waals surface area contributed by atoms with Gasteiger partial charge in [-0.2, -0.15) is 0 Å². The second-order valence-corrected chi connectivity index (χ2v) is 5.11. The molecule has 0 saturated carbocycles. The van der Waals surface area contributed by atoms with Crippen LogP contribution >= 0.6 is 0 Å². The molecule has 0 aliphatic heterocycles. The SMILES string of the molecule is CCCCNC(=O)c1cc2ccccc2c(NCCC)n1. The van der Waals surface area contributed by atoms with E-state index in [9.17, 15) is 4.79 Å². The number of nitrogens with one attached hydrogen (secondary N) is 2. The normalized spacial score (nSPS) is 10.6. The molecule has 1 heterocycles. The third-order valence-electron chi connectivity index (χ3n) is 3.33. The van der Waals surface area contributed by atoms with Crippen molar-refractivity contribution in [1.29, 1.82) is 0 Å². The highest BCUT2D eigenvalue weighted by atomic mass is 16.1. The van der Waals surface area contributed by atoms with E-state index in [2.05, 4.69) is 29.5 Å². The first kappa shape index (κ1) is 15.3. The summed E-state index contributed by atoms with van der Waals surface area (Å²) in [6.07, 6.45) is 3.07. The summed E-state index contributed by atoms with van der Waals surface area (Å²) in [4.78, 5) is 16.7. The maximum atomic E-state index is 12.2. The Balaban J connectivity index is 2.29. The van der Waals surface area contributed by atoms with Gasteiger partial charge in [0, 0.05) is 18.5 Å². The van der Waals surface area contributed by atoms with E-state index in [0.29, 0.717) is 12.2 Å². The number of fused-ring (bicyclic) bond motifs is 1. The number of amides is 1. The van der Waals surface area contributed by atoms with E-state index in [4.69, 9.17) is 0 Å². The number of aromatic nitrogens is 1. The van der Waals surface area contributed by atoms with Gasteiger partial charge in [0.1, 0.15) is 11.5 Å². The molecule has 0 aliphatic rings. The number of benzene rings is 1. The molecule has 1 aromatic heterocycles. The van der Waals surface area contributed by atoms with Crippen LogP contribution in [0.15, 0.2) is 30.3 Å². The summed E-state index contributed by atoms with van der Waals surface area (Å²) in [6.45, 7) is 5.75. The van der Waals surface area contributed by atoms with Gasteiger partial charge >= 0.3 is 0 Å². The summed E-state index contributed by atoms with van der Waals surface area (Å²) >= 11 is 0. The van der Waals surface area contributed by atoms with Gasteiger partial charge in [0.15, 0.2) is 0 Å². The van der Waals surface area contributed by atoms with Gasteiger partial charge in [0.05, 0.1) is 0 Å². The highest BCUT2D eigenvalue weighted by molar-refractivity contribution is 6.00. The molecule has 0 fully saturated rings. The van der Waals surface area contributed by atoms with E-state index in [0.717, 1.165) is 42.4 Å². The maximum absolute atomic E-state index is 12.2. The fourth-order valence-electron chi connectivity index (χ4n) is 2.16. The van der Waals surface area contributed by atoms with Gasteiger partial charge in [0.2, 0.25) is 0 Å². The number of rotatable bonds is 7. The molecular weight excluding hydrogens is 262 g/mol. The van der Waals surface area contributed by atoms with E-state index < -0.39 is 0 Å². The summed E-state index contributed by atoms with van der Waals surface area (Å²) in [6, 6.07) is 9.86. The van der Waals surface area contributed by atoms with Crippen molar-refractivity contribution in [3.05, 3.63) is 36.0 Å². The van der Waals surface area contributed by atoms with Crippen LogP contribution in [-0.2, 0) is 0 Å². The van der Waals surface area contributed by atoms with Gasteiger partial charge in [-0.05, 0) is 24.3 Å². The van der Waals surface area contributed by atoms with E-state index in [1.165, 1.54) is 0 Å². The van der Waals surface area contributed by atoms with Gasteiger partial charge in [-0.15, -0.1) is 0 Å².